The highest BCUT2D eigenvalue weighted by Gasteiger charge is 2.21. The van der Waals surface area contributed by atoms with E-state index in [1.165, 1.54) is 43.8 Å². The molecule has 0 aliphatic heterocycles. The predicted octanol–water partition coefficient (Wildman–Crippen LogP) is 3.77. The number of rotatable bonds is 6. The van der Waals surface area contributed by atoms with Gasteiger partial charge in [-0.25, -0.2) is 0 Å². The monoisotopic (exact) mass is 358 g/mol. The van der Waals surface area contributed by atoms with E-state index in [0.29, 0.717) is 4.88 Å². The summed E-state index contributed by atoms with van der Waals surface area (Å²) in [5.74, 6) is -0.0271. The number of ketones is 1. The first-order valence-electron chi connectivity index (χ1n) is 7.04. The molecular weight excluding hydrogens is 344 g/mol. The molecule has 0 bridgehead atoms. The van der Waals surface area contributed by atoms with Crippen LogP contribution in [0.4, 0.5) is 5.69 Å². The van der Waals surface area contributed by atoms with Crippen molar-refractivity contribution in [3.8, 4) is 17.6 Å². The molecule has 0 amide bonds. The number of allylic oxidation sites excluding steroid dienone is 1. The van der Waals surface area contributed by atoms with Gasteiger partial charge in [-0.05, 0) is 36.1 Å². The fraction of sp³-hybridized carbons (Fsp3) is 0.176. The van der Waals surface area contributed by atoms with Gasteiger partial charge in [-0.1, -0.05) is 0 Å². The average Bonchev–Trinajstić information content (AvgIpc) is 3.04. The van der Waals surface area contributed by atoms with Crippen molar-refractivity contribution >= 4 is 28.9 Å². The quantitative estimate of drug-likeness (QED) is 0.256. The largest absolute Gasteiger partial charge is 0.493 e. The number of carbonyl (C=O) groups is 1. The van der Waals surface area contributed by atoms with Crippen LogP contribution in [-0.4, -0.2) is 24.9 Å². The normalized spacial score (nSPS) is 10.9. The number of nitriles is 1. The molecule has 2 aromatic rings. The van der Waals surface area contributed by atoms with Crippen molar-refractivity contribution in [2.45, 2.75) is 6.92 Å². The topological polar surface area (TPSA) is 102 Å². The summed E-state index contributed by atoms with van der Waals surface area (Å²) < 4.78 is 10.2. The lowest BCUT2D eigenvalue weighted by Gasteiger charge is -2.09. The Bertz CT molecular complexity index is 908. The lowest BCUT2D eigenvalue weighted by Crippen LogP contribution is -2.02. The van der Waals surface area contributed by atoms with Crippen molar-refractivity contribution in [1.82, 2.24) is 0 Å². The number of nitro benzene ring substituents is 1. The van der Waals surface area contributed by atoms with Gasteiger partial charge >= 0.3 is 0 Å². The van der Waals surface area contributed by atoms with E-state index in [1.807, 2.05) is 6.07 Å². The van der Waals surface area contributed by atoms with Crippen LogP contribution in [-0.2, 0) is 0 Å². The van der Waals surface area contributed by atoms with E-state index in [0.717, 1.165) is 5.56 Å². The number of nitro groups is 1. The zero-order chi connectivity index (χ0) is 18.6. The number of hydrogen-bond acceptors (Lipinski definition) is 7. The van der Waals surface area contributed by atoms with E-state index in [4.69, 9.17) is 9.47 Å². The van der Waals surface area contributed by atoms with Crippen LogP contribution in [0, 0.1) is 28.4 Å². The lowest BCUT2D eigenvalue weighted by molar-refractivity contribution is -0.385. The van der Waals surface area contributed by atoms with E-state index in [1.54, 1.807) is 18.4 Å². The van der Waals surface area contributed by atoms with Crippen LogP contribution in [0.1, 0.15) is 20.8 Å². The van der Waals surface area contributed by atoms with Crippen LogP contribution in [0.2, 0.25) is 0 Å². The lowest BCUT2D eigenvalue weighted by atomic mass is 10.0. The number of Topliss-reactive ketones (excluding diaryl/α,β-unsaturated/α-hetero) is 1. The van der Waals surface area contributed by atoms with Gasteiger partial charge in [0.25, 0.3) is 5.69 Å². The number of thiophene rings is 1. The first-order valence-corrected chi connectivity index (χ1v) is 7.91. The number of methoxy groups -OCH3 is 2. The molecule has 0 saturated heterocycles. The fourth-order valence-electron chi connectivity index (χ4n) is 2.19. The maximum absolute atomic E-state index is 12.5. The van der Waals surface area contributed by atoms with Crippen LogP contribution in [0.25, 0.3) is 6.08 Å². The molecule has 0 saturated carbocycles. The minimum absolute atomic E-state index is 0.0850. The number of nitrogens with zero attached hydrogens (tertiary/aromatic N) is 2. The summed E-state index contributed by atoms with van der Waals surface area (Å²) in [6, 6.07) is 6.15. The van der Waals surface area contributed by atoms with Gasteiger partial charge in [0.05, 0.1) is 35.6 Å². The Balaban J connectivity index is 2.61. The number of hydrogen-bond donors (Lipinski definition) is 0. The van der Waals surface area contributed by atoms with E-state index in [2.05, 4.69) is 0 Å². The van der Waals surface area contributed by atoms with Gasteiger partial charge in [0.2, 0.25) is 5.78 Å². The third-order valence-electron chi connectivity index (χ3n) is 3.46. The van der Waals surface area contributed by atoms with Gasteiger partial charge in [-0.15, -0.1) is 11.3 Å². The van der Waals surface area contributed by atoms with Crippen molar-refractivity contribution in [2.24, 2.45) is 0 Å². The third-order valence-corrected chi connectivity index (χ3v) is 4.48. The average molecular weight is 358 g/mol. The third kappa shape index (κ3) is 3.67. The van der Waals surface area contributed by atoms with Crippen molar-refractivity contribution in [3.63, 3.8) is 0 Å². The molecule has 0 unspecified atom stereocenters. The van der Waals surface area contributed by atoms with Crippen molar-refractivity contribution in [3.05, 3.63) is 55.3 Å². The number of aryl methyl sites for hydroxylation is 1. The van der Waals surface area contributed by atoms with Crippen LogP contribution < -0.4 is 9.47 Å². The van der Waals surface area contributed by atoms with Gasteiger partial charge in [0, 0.05) is 0 Å². The molecule has 1 aromatic carbocycles. The van der Waals surface area contributed by atoms with Gasteiger partial charge in [-0.3, -0.25) is 14.9 Å². The molecule has 0 N–H and O–H groups in total. The smallest absolute Gasteiger partial charge is 0.280 e. The highest BCUT2D eigenvalue weighted by atomic mass is 32.1. The van der Waals surface area contributed by atoms with E-state index >= 15 is 0 Å². The number of ether oxygens (including phenoxy) is 2. The standard InChI is InChI=1S/C17H14N2O5S/c1-10-4-5-25-17(10)16(20)12(9-18)6-11-7-14(23-2)15(24-3)8-13(11)19(21)22/h4-8H,1-3H3/b12-6-. The molecule has 1 heterocycles. The molecule has 7 nitrogen and oxygen atoms in total. The second kappa shape index (κ2) is 7.59. The highest BCUT2D eigenvalue weighted by molar-refractivity contribution is 7.12. The van der Waals surface area contributed by atoms with E-state index in [-0.39, 0.29) is 28.3 Å². The predicted molar refractivity (Wildman–Crippen MR) is 93.2 cm³/mol. The van der Waals surface area contributed by atoms with E-state index in [9.17, 15) is 20.2 Å². The van der Waals surface area contributed by atoms with Crippen LogP contribution in [0.5, 0.6) is 11.5 Å². The maximum Gasteiger partial charge on any atom is 0.280 e. The second-order valence-corrected chi connectivity index (χ2v) is 5.87. The fourth-order valence-corrected chi connectivity index (χ4v) is 3.07. The summed E-state index contributed by atoms with van der Waals surface area (Å²) in [4.78, 5) is 23.7. The molecule has 0 spiro atoms. The van der Waals surface area contributed by atoms with Crippen molar-refractivity contribution in [1.29, 1.82) is 5.26 Å². The van der Waals surface area contributed by atoms with Gasteiger partial charge < -0.3 is 9.47 Å². The summed E-state index contributed by atoms with van der Waals surface area (Å²) in [6.45, 7) is 1.76. The van der Waals surface area contributed by atoms with Gasteiger partial charge in [0.15, 0.2) is 11.5 Å². The number of benzene rings is 1. The summed E-state index contributed by atoms with van der Waals surface area (Å²) >= 11 is 1.22. The molecule has 8 heteroatoms. The molecule has 0 fully saturated rings. The Kier molecular flexibility index (Phi) is 5.52. The zero-order valence-electron chi connectivity index (χ0n) is 13.7. The molecule has 2 rings (SSSR count). The summed E-state index contributed by atoms with van der Waals surface area (Å²) in [5.41, 5.74) is 0.349. The second-order valence-electron chi connectivity index (χ2n) is 4.95. The summed E-state index contributed by atoms with van der Waals surface area (Å²) in [6.07, 6.45) is 1.20. The molecule has 25 heavy (non-hydrogen) atoms. The van der Waals surface area contributed by atoms with E-state index < -0.39 is 10.7 Å². The minimum Gasteiger partial charge on any atom is -0.493 e. The molecule has 1 aromatic heterocycles. The Morgan fingerprint density at radius 3 is 2.44 bits per heavy atom. The Morgan fingerprint density at radius 2 is 1.96 bits per heavy atom. The summed E-state index contributed by atoms with van der Waals surface area (Å²) in [7, 11) is 2.75. The Hall–Kier alpha value is -3.18. The summed E-state index contributed by atoms with van der Waals surface area (Å²) in [5, 5.41) is 22.4. The van der Waals surface area contributed by atoms with Crippen LogP contribution in [0.3, 0.4) is 0 Å². The first-order chi connectivity index (χ1) is 11.9. The number of carbonyl (C=O) groups excluding carboxylic acids is 1. The maximum atomic E-state index is 12.5. The Labute approximate surface area is 147 Å². The molecule has 0 radical (unpaired) electrons. The molecule has 0 aliphatic carbocycles. The van der Waals surface area contributed by atoms with Gasteiger partial charge in [0.1, 0.15) is 11.6 Å². The first kappa shape index (κ1) is 18.2. The Morgan fingerprint density at radius 1 is 1.32 bits per heavy atom. The van der Waals surface area contributed by atoms with Crippen LogP contribution in [0.15, 0.2) is 29.2 Å². The molecular formula is C17H14N2O5S. The van der Waals surface area contributed by atoms with Crippen LogP contribution >= 0.6 is 11.3 Å². The zero-order valence-corrected chi connectivity index (χ0v) is 14.5. The molecule has 0 aliphatic rings. The SMILES string of the molecule is COc1cc(/C=C(/C#N)C(=O)c2sccc2C)c([N+](=O)[O-])cc1OC. The molecule has 128 valence electrons. The van der Waals surface area contributed by atoms with Gasteiger partial charge in [-0.2, -0.15) is 5.26 Å². The van der Waals surface area contributed by atoms with Crippen molar-refractivity contribution < 1.29 is 19.2 Å². The molecule has 0 atom stereocenters. The highest BCUT2D eigenvalue weighted by Crippen LogP contribution is 2.36. The van der Waals surface area contributed by atoms with Crippen molar-refractivity contribution in [2.75, 3.05) is 14.2 Å². The minimum atomic E-state index is -0.607.